The summed E-state index contributed by atoms with van der Waals surface area (Å²) in [7, 11) is 0. The van der Waals surface area contributed by atoms with Crippen LogP contribution in [0.4, 0.5) is 4.39 Å². The van der Waals surface area contributed by atoms with E-state index in [9.17, 15) is 9.18 Å². The number of rotatable bonds is 4. The summed E-state index contributed by atoms with van der Waals surface area (Å²) in [6, 6.07) is 4.48. The lowest BCUT2D eigenvalue weighted by Gasteiger charge is -2.16. The van der Waals surface area contributed by atoms with Crippen molar-refractivity contribution in [2.24, 2.45) is 5.92 Å². The molecule has 0 saturated carbocycles. The minimum absolute atomic E-state index is 0.0875. The van der Waals surface area contributed by atoms with Gasteiger partial charge in [0, 0.05) is 6.07 Å². The number of fused-ring (bicyclic) bond motifs is 1. The Morgan fingerprint density at radius 1 is 1.47 bits per heavy atom. The van der Waals surface area contributed by atoms with Crippen molar-refractivity contribution in [1.29, 1.82) is 0 Å². The Hall–Kier alpha value is -1.49. The number of nitrogens with zero attached hydrogens (tertiary/aromatic N) is 1. The largest absolute Gasteiger partial charge is 0.465 e. The number of hydrogen-bond acceptors (Lipinski definition) is 4. The quantitative estimate of drug-likeness (QED) is 0.801. The van der Waals surface area contributed by atoms with Crippen molar-refractivity contribution in [2.45, 2.75) is 26.7 Å². The average molecular weight is 281 g/mol. The van der Waals surface area contributed by atoms with E-state index in [-0.39, 0.29) is 23.6 Å². The molecule has 19 heavy (non-hydrogen) atoms. The first-order valence-corrected chi connectivity index (χ1v) is 7.07. The summed E-state index contributed by atoms with van der Waals surface area (Å²) in [5, 5.41) is 0.689. The minimum Gasteiger partial charge on any atom is -0.465 e. The topological polar surface area (TPSA) is 39.2 Å². The molecule has 3 nitrogen and oxygen atoms in total. The summed E-state index contributed by atoms with van der Waals surface area (Å²) in [5.74, 6) is -0.886. The summed E-state index contributed by atoms with van der Waals surface area (Å²) < 4.78 is 19.1. The maximum Gasteiger partial charge on any atom is 0.316 e. The van der Waals surface area contributed by atoms with Gasteiger partial charge in [-0.3, -0.25) is 4.79 Å². The van der Waals surface area contributed by atoms with Gasteiger partial charge in [-0.15, -0.1) is 11.3 Å². The van der Waals surface area contributed by atoms with E-state index in [1.165, 1.54) is 23.5 Å². The zero-order valence-corrected chi connectivity index (χ0v) is 12.0. The number of halogens is 1. The molecule has 1 aromatic carbocycles. The van der Waals surface area contributed by atoms with Crippen LogP contribution < -0.4 is 0 Å². The van der Waals surface area contributed by atoms with Gasteiger partial charge in [0.2, 0.25) is 0 Å². The summed E-state index contributed by atoms with van der Waals surface area (Å²) in [6.45, 7) is 6.03. The van der Waals surface area contributed by atoms with E-state index in [1.807, 2.05) is 13.8 Å². The highest BCUT2D eigenvalue weighted by atomic mass is 32.1. The van der Waals surface area contributed by atoms with Crippen LogP contribution in [-0.2, 0) is 9.53 Å². The third-order valence-corrected chi connectivity index (χ3v) is 3.96. The Bertz CT molecular complexity index is 594. The van der Waals surface area contributed by atoms with Gasteiger partial charge < -0.3 is 4.74 Å². The van der Waals surface area contributed by atoms with Gasteiger partial charge in [-0.2, -0.15) is 0 Å². The molecule has 5 heteroatoms. The van der Waals surface area contributed by atoms with Gasteiger partial charge in [0.05, 0.1) is 16.8 Å². The molecule has 0 spiro atoms. The number of thiazole rings is 1. The normalized spacial score (nSPS) is 12.9. The van der Waals surface area contributed by atoms with Crippen molar-refractivity contribution >= 4 is 27.5 Å². The molecular weight excluding hydrogens is 265 g/mol. The van der Waals surface area contributed by atoms with Crippen molar-refractivity contribution in [2.75, 3.05) is 6.61 Å². The smallest absolute Gasteiger partial charge is 0.316 e. The molecule has 0 aliphatic rings. The lowest BCUT2D eigenvalue weighted by molar-refractivity contribution is -0.146. The predicted molar refractivity (Wildman–Crippen MR) is 73.8 cm³/mol. The Kier molecular flexibility index (Phi) is 4.14. The Labute approximate surface area is 115 Å². The van der Waals surface area contributed by atoms with Gasteiger partial charge in [0.15, 0.2) is 0 Å². The molecule has 0 bridgehead atoms. The van der Waals surface area contributed by atoms with E-state index in [0.717, 1.165) is 4.70 Å². The summed E-state index contributed by atoms with van der Waals surface area (Å²) in [5.41, 5.74) is 0.593. The number of ether oxygens (including phenoxy) is 1. The fraction of sp³-hybridized carbons (Fsp3) is 0.429. The van der Waals surface area contributed by atoms with Crippen LogP contribution in [0.1, 0.15) is 31.7 Å². The van der Waals surface area contributed by atoms with Crippen LogP contribution >= 0.6 is 11.3 Å². The zero-order valence-electron chi connectivity index (χ0n) is 11.1. The fourth-order valence-corrected chi connectivity index (χ4v) is 3.15. The lowest BCUT2D eigenvalue weighted by Crippen LogP contribution is -2.20. The average Bonchev–Trinajstić information content (AvgIpc) is 2.71. The third-order valence-electron chi connectivity index (χ3n) is 2.84. The van der Waals surface area contributed by atoms with Gasteiger partial charge in [0.25, 0.3) is 0 Å². The highest BCUT2D eigenvalue weighted by Crippen LogP contribution is 2.33. The molecule has 2 aromatic rings. The van der Waals surface area contributed by atoms with Crippen LogP contribution in [-0.4, -0.2) is 17.6 Å². The van der Waals surface area contributed by atoms with E-state index < -0.39 is 0 Å². The van der Waals surface area contributed by atoms with Crippen molar-refractivity contribution in [1.82, 2.24) is 4.98 Å². The van der Waals surface area contributed by atoms with E-state index in [4.69, 9.17) is 4.74 Å². The SMILES string of the molecule is CCOC(=O)C(c1nc2cc(F)ccc2s1)C(C)C. The third kappa shape index (κ3) is 2.92. The second kappa shape index (κ2) is 5.65. The highest BCUT2D eigenvalue weighted by molar-refractivity contribution is 7.18. The van der Waals surface area contributed by atoms with Crippen LogP contribution in [0.2, 0.25) is 0 Å². The van der Waals surface area contributed by atoms with E-state index in [2.05, 4.69) is 4.98 Å². The second-order valence-electron chi connectivity index (χ2n) is 4.64. The van der Waals surface area contributed by atoms with E-state index in [0.29, 0.717) is 17.1 Å². The van der Waals surface area contributed by atoms with E-state index >= 15 is 0 Å². The summed E-state index contributed by atoms with van der Waals surface area (Å²) in [6.07, 6.45) is 0. The number of aromatic nitrogens is 1. The van der Waals surface area contributed by atoms with Crippen LogP contribution in [0.3, 0.4) is 0 Å². The molecule has 0 aliphatic heterocycles. The first-order chi connectivity index (χ1) is 9.02. The van der Waals surface area contributed by atoms with Gasteiger partial charge >= 0.3 is 5.97 Å². The highest BCUT2D eigenvalue weighted by Gasteiger charge is 2.28. The number of esters is 1. The fourth-order valence-electron chi connectivity index (χ4n) is 1.94. The lowest BCUT2D eigenvalue weighted by atomic mass is 9.97. The van der Waals surface area contributed by atoms with Crippen molar-refractivity contribution < 1.29 is 13.9 Å². The Morgan fingerprint density at radius 2 is 2.21 bits per heavy atom. The van der Waals surface area contributed by atoms with Gasteiger partial charge in [-0.25, -0.2) is 9.37 Å². The maximum atomic E-state index is 13.2. The number of benzene rings is 1. The molecule has 102 valence electrons. The predicted octanol–water partition coefficient (Wildman–Crippen LogP) is 3.74. The molecule has 0 N–H and O–H groups in total. The first kappa shape index (κ1) is 13.9. The van der Waals surface area contributed by atoms with Gasteiger partial charge in [-0.1, -0.05) is 13.8 Å². The molecule has 0 amide bonds. The van der Waals surface area contributed by atoms with Crippen molar-refractivity contribution in [3.8, 4) is 0 Å². The first-order valence-electron chi connectivity index (χ1n) is 6.25. The minimum atomic E-state index is -0.389. The number of carbonyl (C=O) groups is 1. The van der Waals surface area contributed by atoms with Crippen LogP contribution in [0.15, 0.2) is 18.2 Å². The molecule has 0 saturated heterocycles. The van der Waals surface area contributed by atoms with Gasteiger partial charge in [0.1, 0.15) is 16.7 Å². The molecule has 2 rings (SSSR count). The maximum absolute atomic E-state index is 13.2. The molecule has 0 radical (unpaired) electrons. The Balaban J connectivity index is 2.41. The molecule has 1 aromatic heterocycles. The van der Waals surface area contributed by atoms with Crippen molar-refractivity contribution in [3.05, 3.63) is 29.0 Å². The van der Waals surface area contributed by atoms with E-state index in [1.54, 1.807) is 13.0 Å². The zero-order chi connectivity index (χ0) is 14.0. The number of carbonyl (C=O) groups excluding carboxylic acids is 1. The molecule has 1 unspecified atom stereocenters. The van der Waals surface area contributed by atoms with Crippen molar-refractivity contribution in [3.63, 3.8) is 0 Å². The summed E-state index contributed by atoms with van der Waals surface area (Å²) in [4.78, 5) is 16.4. The molecular formula is C14H16FNO2S. The van der Waals surface area contributed by atoms with Crippen LogP contribution in [0.25, 0.3) is 10.2 Å². The Morgan fingerprint density at radius 3 is 2.84 bits per heavy atom. The number of hydrogen-bond donors (Lipinski definition) is 0. The summed E-state index contributed by atoms with van der Waals surface area (Å²) >= 11 is 1.42. The standard InChI is InChI=1S/C14H16FNO2S/c1-4-18-14(17)12(8(2)3)13-16-10-7-9(15)5-6-11(10)19-13/h5-8,12H,4H2,1-3H3. The van der Waals surface area contributed by atoms with Crippen LogP contribution in [0.5, 0.6) is 0 Å². The second-order valence-corrected chi connectivity index (χ2v) is 5.70. The molecule has 1 atom stereocenters. The van der Waals surface area contributed by atoms with Crippen LogP contribution in [0, 0.1) is 11.7 Å². The van der Waals surface area contributed by atoms with Gasteiger partial charge in [-0.05, 0) is 25.0 Å². The molecule has 0 aliphatic carbocycles. The monoisotopic (exact) mass is 281 g/mol. The molecule has 0 fully saturated rings. The molecule has 1 heterocycles.